The molecule has 0 fully saturated rings. The first-order chi connectivity index (χ1) is 16.1. The maximum absolute atomic E-state index is 13.1. The number of hydrogen-bond acceptors (Lipinski definition) is 5. The van der Waals surface area contributed by atoms with Crippen LogP contribution in [0.1, 0.15) is 43.4 Å². The van der Waals surface area contributed by atoms with Crippen LogP contribution in [0.15, 0.2) is 53.5 Å². The number of hydrogen-bond donors (Lipinski definition) is 1. The second kappa shape index (κ2) is 8.02. The van der Waals surface area contributed by atoms with Crippen LogP contribution in [0.2, 0.25) is 0 Å². The van der Waals surface area contributed by atoms with Crippen LogP contribution in [-0.4, -0.2) is 31.0 Å². The molecule has 0 radical (unpaired) electrons. The van der Waals surface area contributed by atoms with Crippen molar-refractivity contribution < 1.29 is 18.6 Å². The number of nitrogens with zero attached hydrogens (tertiary/aromatic N) is 4. The highest BCUT2D eigenvalue weighted by Crippen LogP contribution is 2.37. The second-order valence-corrected chi connectivity index (χ2v) is 8.98. The van der Waals surface area contributed by atoms with Gasteiger partial charge in [-0.2, -0.15) is 8.78 Å². The predicted octanol–water partition coefficient (Wildman–Crippen LogP) is 4.39. The third kappa shape index (κ3) is 3.66. The van der Waals surface area contributed by atoms with Gasteiger partial charge in [0.25, 0.3) is 5.56 Å². The first-order valence-corrected chi connectivity index (χ1v) is 11.0. The lowest BCUT2D eigenvalue weighted by molar-refractivity contribution is -0.0507. The van der Waals surface area contributed by atoms with E-state index in [-0.39, 0.29) is 17.4 Å². The van der Waals surface area contributed by atoms with Gasteiger partial charge in [-0.3, -0.25) is 9.48 Å². The van der Waals surface area contributed by atoms with E-state index in [1.165, 1.54) is 6.07 Å². The van der Waals surface area contributed by atoms with Crippen molar-refractivity contribution >= 4 is 10.9 Å². The molecule has 1 N–H and O–H groups in total. The zero-order valence-corrected chi connectivity index (χ0v) is 19.0. The molecule has 176 valence electrons. The van der Waals surface area contributed by atoms with E-state index in [9.17, 15) is 18.7 Å². The average molecular weight is 466 g/mol. The fourth-order valence-corrected chi connectivity index (χ4v) is 4.64. The van der Waals surface area contributed by atoms with Crippen molar-refractivity contribution in [1.82, 2.24) is 19.3 Å². The van der Waals surface area contributed by atoms with Crippen LogP contribution in [-0.2, 0) is 12.1 Å². The van der Waals surface area contributed by atoms with Crippen molar-refractivity contribution in [2.75, 3.05) is 0 Å². The van der Waals surface area contributed by atoms with Gasteiger partial charge >= 0.3 is 6.61 Å². The summed E-state index contributed by atoms with van der Waals surface area (Å²) in [5, 5.41) is 10.8. The van der Waals surface area contributed by atoms with Gasteiger partial charge in [-0.05, 0) is 51.0 Å². The SMILES string of the molecule is Cc1nc(C(C)(C)O)ncc1-c1ccc2c(=O)n3n(c2c1)[C@@H](c1ccccc1OC(F)F)CC3. The molecule has 0 spiro atoms. The summed E-state index contributed by atoms with van der Waals surface area (Å²) in [5.74, 6) is 0.430. The third-order valence-electron chi connectivity index (χ3n) is 6.21. The van der Waals surface area contributed by atoms with Gasteiger partial charge in [-0.25, -0.2) is 14.6 Å². The Bertz CT molecular complexity index is 1450. The Morgan fingerprint density at radius 1 is 1.21 bits per heavy atom. The fourth-order valence-electron chi connectivity index (χ4n) is 4.64. The zero-order valence-electron chi connectivity index (χ0n) is 19.0. The van der Waals surface area contributed by atoms with Crippen LogP contribution in [0.25, 0.3) is 22.0 Å². The molecule has 0 unspecified atom stereocenters. The molecule has 0 amide bonds. The summed E-state index contributed by atoms with van der Waals surface area (Å²) >= 11 is 0. The van der Waals surface area contributed by atoms with Gasteiger partial charge in [-0.15, -0.1) is 0 Å². The lowest BCUT2D eigenvalue weighted by Gasteiger charge is -2.19. The van der Waals surface area contributed by atoms with E-state index in [2.05, 4.69) is 9.97 Å². The molecule has 0 saturated heterocycles. The molecule has 2 aromatic heterocycles. The first-order valence-electron chi connectivity index (χ1n) is 11.0. The molecule has 2 aromatic carbocycles. The maximum Gasteiger partial charge on any atom is 0.387 e. The van der Waals surface area contributed by atoms with Gasteiger partial charge in [-0.1, -0.05) is 24.3 Å². The molecule has 0 bridgehead atoms. The van der Waals surface area contributed by atoms with E-state index in [4.69, 9.17) is 4.74 Å². The Morgan fingerprint density at radius 3 is 2.68 bits per heavy atom. The molecule has 7 nitrogen and oxygen atoms in total. The van der Waals surface area contributed by atoms with Crippen LogP contribution in [0.4, 0.5) is 8.78 Å². The Kier molecular flexibility index (Phi) is 5.24. The van der Waals surface area contributed by atoms with E-state index in [0.29, 0.717) is 41.0 Å². The molecule has 1 atom stereocenters. The van der Waals surface area contributed by atoms with E-state index < -0.39 is 12.2 Å². The highest BCUT2D eigenvalue weighted by molar-refractivity contribution is 5.85. The van der Waals surface area contributed by atoms with Crippen molar-refractivity contribution in [3.05, 3.63) is 76.1 Å². The zero-order chi connectivity index (χ0) is 24.2. The molecular formula is C25H24F2N4O3. The molecule has 5 rings (SSSR count). The number of rotatable bonds is 5. The number of fused-ring (bicyclic) bond motifs is 3. The fraction of sp³-hybridized carbons (Fsp3) is 0.320. The van der Waals surface area contributed by atoms with Crippen LogP contribution >= 0.6 is 0 Å². The Morgan fingerprint density at radius 2 is 1.97 bits per heavy atom. The van der Waals surface area contributed by atoms with Gasteiger partial charge in [0.2, 0.25) is 0 Å². The quantitative estimate of drug-likeness (QED) is 0.472. The molecule has 34 heavy (non-hydrogen) atoms. The minimum absolute atomic E-state index is 0.104. The molecular weight excluding hydrogens is 442 g/mol. The number of aromatic nitrogens is 4. The Hall–Kier alpha value is -3.59. The summed E-state index contributed by atoms with van der Waals surface area (Å²) in [5.41, 5.74) is 2.30. The van der Waals surface area contributed by atoms with Crippen molar-refractivity contribution in [3.63, 3.8) is 0 Å². The first kappa shape index (κ1) is 22.2. The third-order valence-corrected chi connectivity index (χ3v) is 6.21. The topological polar surface area (TPSA) is 82.2 Å². The maximum atomic E-state index is 13.1. The summed E-state index contributed by atoms with van der Waals surface area (Å²) in [7, 11) is 0. The summed E-state index contributed by atoms with van der Waals surface area (Å²) < 4.78 is 34.3. The van der Waals surface area contributed by atoms with Crippen molar-refractivity contribution in [3.8, 4) is 16.9 Å². The van der Waals surface area contributed by atoms with E-state index in [0.717, 1.165) is 11.1 Å². The van der Waals surface area contributed by atoms with E-state index in [1.807, 2.05) is 23.7 Å². The van der Waals surface area contributed by atoms with Gasteiger partial charge in [0.1, 0.15) is 11.4 Å². The van der Waals surface area contributed by atoms with Crippen LogP contribution in [0.5, 0.6) is 5.75 Å². The lowest BCUT2D eigenvalue weighted by Crippen LogP contribution is -2.20. The Labute approximate surface area is 194 Å². The molecule has 3 heterocycles. The van der Waals surface area contributed by atoms with Crippen molar-refractivity contribution in [2.24, 2.45) is 0 Å². The summed E-state index contributed by atoms with van der Waals surface area (Å²) in [6, 6.07) is 11.9. The van der Waals surface area contributed by atoms with Gasteiger partial charge < -0.3 is 9.84 Å². The van der Waals surface area contributed by atoms with Gasteiger partial charge in [0.05, 0.1) is 16.9 Å². The van der Waals surface area contributed by atoms with Crippen LogP contribution in [0.3, 0.4) is 0 Å². The van der Waals surface area contributed by atoms with Crippen molar-refractivity contribution in [2.45, 2.75) is 52.0 Å². The molecule has 1 aliphatic heterocycles. The smallest absolute Gasteiger partial charge is 0.387 e. The molecule has 0 aliphatic carbocycles. The largest absolute Gasteiger partial charge is 0.434 e. The number of halogens is 2. The van der Waals surface area contributed by atoms with Crippen LogP contribution < -0.4 is 10.3 Å². The summed E-state index contributed by atoms with van der Waals surface area (Å²) in [6.07, 6.45) is 2.25. The second-order valence-electron chi connectivity index (χ2n) is 8.98. The number of aryl methyl sites for hydroxylation is 1. The minimum atomic E-state index is -2.94. The van der Waals surface area contributed by atoms with Gasteiger partial charge in [0, 0.05) is 29.6 Å². The minimum Gasteiger partial charge on any atom is -0.434 e. The van der Waals surface area contributed by atoms with Crippen molar-refractivity contribution in [1.29, 1.82) is 0 Å². The normalized spacial score (nSPS) is 15.8. The summed E-state index contributed by atoms with van der Waals surface area (Å²) in [6.45, 7) is 2.62. The van der Waals surface area contributed by atoms with Gasteiger partial charge in [0.15, 0.2) is 5.82 Å². The highest BCUT2D eigenvalue weighted by atomic mass is 19.3. The Balaban J connectivity index is 1.65. The standard InChI is InChI=1S/C25H24F2N4O3/c1-14-18(13-28-23(29-14)25(2,3)33)15-8-9-17-20(12-15)31-19(10-11-30(31)22(17)32)16-6-4-5-7-21(16)34-24(26)27/h4-9,12-13,19,24,33H,10-11H2,1-3H3/t19-/m1/s1. The molecule has 9 heteroatoms. The van der Waals surface area contributed by atoms with E-state index in [1.54, 1.807) is 49.0 Å². The molecule has 4 aromatic rings. The number of para-hydroxylation sites is 1. The number of ether oxygens (including phenoxy) is 1. The average Bonchev–Trinajstić information content (AvgIpc) is 3.33. The van der Waals surface area contributed by atoms with E-state index >= 15 is 0 Å². The summed E-state index contributed by atoms with van der Waals surface area (Å²) in [4.78, 5) is 21.9. The lowest BCUT2D eigenvalue weighted by atomic mass is 10.0. The predicted molar refractivity (Wildman–Crippen MR) is 123 cm³/mol. The van der Waals surface area contributed by atoms with Crippen LogP contribution in [0, 0.1) is 6.92 Å². The molecule has 1 aliphatic rings. The number of aliphatic hydroxyl groups is 1. The number of alkyl halides is 2. The number of benzene rings is 2. The molecule has 0 saturated carbocycles. The monoisotopic (exact) mass is 466 g/mol. The highest BCUT2D eigenvalue weighted by Gasteiger charge is 2.30.